The van der Waals surface area contributed by atoms with Crippen LogP contribution < -0.4 is 0 Å². The molecule has 5 nitrogen and oxygen atoms in total. The molecule has 0 amide bonds. The van der Waals surface area contributed by atoms with Gasteiger partial charge in [-0.15, -0.1) is 0 Å². The largest absolute Gasteiger partial charge is 0.465 e. The number of benzene rings is 1. The molecular formula is C13H15NO4. The number of hydrogen-bond donors (Lipinski definition) is 0. The average Bonchev–Trinajstić information content (AvgIpc) is 2.40. The summed E-state index contributed by atoms with van der Waals surface area (Å²) in [7, 11) is 0. The van der Waals surface area contributed by atoms with Gasteiger partial charge in [0.15, 0.2) is 0 Å². The van der Waals surface area contributed by atoms with Crippen molar-refractivity contribution < 1.29 is 14.5 Å². The van der Waals surface area contributed by atoms with E-state index in [0.29, 0.717) is 12.4 Å². The number of carbonyl (C=O) groups excluding carboxylic acids is 1. The zero-order valence-electron chi connectivity index (χ0n) is 9.95. The molecule has 18 heavy (non-hydrogen) atoms. The zero-order valence-corrected chi connectivity index (χ0v) is 9.95. The van der Waals surface area contributed by atoms with Gasteiger partial charge in [-0.25, -0.2) is 0 Å². The van der Waals surface area contributed by atoms with Crippen LogP contribution in [0.15, 0.2) is 24.3 Å². The smallest absolute Gasteiger partial charge is 0.293 e. The third kappa shape index (κ3) is 2.85. The van der Waals surface area contributed by atoms with Crippen molar-refractivity contribution in [3.63, 3.8) is 0 Å². The maximum atomic E-state index is 10.6. The summed E-state index contributed by atoms with van der Waals surface area (Å²) >= 11 is 0. The van der Waals surface area contributed by atoms with Crippen LogP contribution in [0.3, 0.4) is 0 Å². The van der Waals surface area contributed by atoms with Crippen LogP contribution >= 0.6 is 0 Å². The summed E-state index contributed by atoms with van der Waals surface area (Å²) in [4.78, 5) is 20.4. The second-order valence-electron chi connectivity index (χ2n) is 4.55. The molecule has 0 N–H and O–H groups in total. The molecule has 0 aromatic heterocycles. The average molecular weight is 249 g/mol. The summed E-state index contributed by atoms with van der Waals surface area (Å²) in [6.07, 6.45) is 3.67. The van der Waals surface area contributed by atoms with E-state index in [0.717, 1.165) is 31.2 Å². The predicted molar refractivity (Wildman–Crippen MR) is 65.2 cm³/mol. The summed E-state index contributed by atoms with van der Waals surface area (Å²) in [5.41, 5.74) is 1.25. The zero-order chi connectivity index (χ0) is 13.0. The molecule has 0 bridgehead atoms. The number of carbonyl (C=O) groups is 1. The van der Waals surface area contributed by atoms with Gasteiger partial charge in [0.25, 0.3) is 12.2 Å². The number of nitrogens with zero attached hydrogens (tertiary/aromatic N) is 1. The first-order valence-corrected chi connectivity index (χ1v) is 6.04. The third-order valence-corrected chi connectivity index (χ3v) is 3.50. The van der Waals surface area contributed by atoms with Crippen LogP contribution in [0.25, 0.3) is 0 Å². The van der Waals surface area contributed by atoms with E-state index >= 15 is 0 Å². The van der Waals surface area contributed by atoms with E-state index < -0.39 is 4.92 Å². The normalized spacial score (nSPS) is 23.3. The van der Waals surface area contributed by atoms with Gasteiger partial charge in [-0.05, 0) is 37.2 Å². The SMILES string of the molecule is O=COC1CCC(c2ccc([N+](=O)[O-])cc2)CC1. The lowest BCUT2D eigenvalue weighted by atomic mass is 9.83. The van der Waals surface area contributed by atoms with Crippen molar-refractivity contribution in [3.8, 4) is 0 Å². The lowest BCUT2D eigenvalue weighted by Crippen LogP contribution is -2.20. The molecule has 1 aliphatic carbocycles. The van der Waals surface area contributed by atoms with Gasteiger partial charge in [0, 0.05) is 12.1 Å². The van der Waals surface area contributed by atoms with Crippen LogP contribution in [-0.2, 0) is 9.53 Å². The van der Waals surface area contributed by atoms with Crippen LogP contribution in [0.2, 0.25) is 0 Å². The summed E-state index contributed by atoms with van der Waals surface area (Å²) in [6.45, 7) is 0.511. The fourth-order valence-corrected chi connectivity index (χ4v) is 2.48. The van der Waals surface area contributed by atoms with Crippen molar-refractivity contribution in [1.82, 2.24) is 0 Å². The molecular weight excluding hydrogens is 234 g/mol. The van der Waals surface area contributed by atoms with E-state index in [1.807, 2.05) is 12.1 Å². The van der Waals surface area contributed by atoms with Crippen molar-refractivity contribution in [2.24, 2.45) is 0 Å². The van der Waals surface area contributed by atoms with Crippen LogP contribution in [0.1, 0.15) is 37.2 Å². The molecule has 5 heteroatoms. The van der Waals surface area contributed by atoms with Crippen LogP contribution in [0, 0.1) is 10.1 Å². The van der Waals surface area contributed by atoms with Gasteiger partial charge >= 0.3 is 0 Å². The Balaban J connectivity index is 1.97. The lowest BCUT2D eigenvalue weighted by Gasteiger charge is -2.27. The monoisotopic (exact) mass is 249 g/mol. The van der Waals surface area contributed by atoms with Crippen molar-refractivity contribution in [2.45, 2.75) is 37.7 Å². The fraction of sp³-hybridized carbons (Fsp3) is 0.462. The third-order valence-electron chi connectivity index (χ3n) is 3.50. The molecule has 0 radical (unpaired) electrons. The second kappa shape index (κ2) is 5.62. The van der Waals surface area contributed by atoms with Gasteiger partial charge in [0.2, 0.25) is 0 Å². The Hall–Kier alpha value is -1.91. The lowest BCUT2D eigenvalue weighted by molar-refractivity contribution is -0.384. The molecule has 0 unspecified atom stereocenters. The Morgan fingerprint density at radius 3 is 2.28 bits per heavy atom. The molecule has 1 aromatic carbocycles. The van der Waals surface area contributed by atoms with Crippen molar-refractivity contribution >= 4 is 12.2 Å². The Kier molecular flexibility index (Phi) is 3.92. The quantitative estimate of drug-likeness (QED) is 0.467. The molecule has 1 saturated carbocycles. The van der Waals surface area contributed by atoms with Crippen molar-refractivity contribution in [2.75, 3.05) is 0 Å². The number of rotatable bonds is 4. The van der Waals surface area contributed by atoms with Gasteiger partial charge in [0.05, 0.1) is 4.92 Å². The van der Waals surface area contributed by atoms with E-state index in [-0.39, 0.29) is 11.8 Å². The standard InChI is InChI=1S/C13H15NO4/c15-9-18-13-7-3-11(4-8-13)10-1-5-12(6-2-10)14(16)17/h1-2,5-6,9,11,13H,3-4,7-8H2. The van der Waals surface area contributed by atoms with Gasteiger partial charge in [-0.2, -0.15) is 0 Å². The van der Waals surface area contributed by atoms with E-state index in [9.17, 15) is 14.9 Å². The van der Waals surface area contributed by atoms with E-state index in [2.05, 4.69) is 0 Å². The molecule has 96 valence electrons. The van der Waals surface area contributed by atoms with Gasteiger partial charge in [-0.3, -0.25) is 14.9 Å². The number of non-ortho nitro benzene ring substituents is 1. The second-order valence-corrected chi connectivity index (χ2v) is 4.55. The highest BCUT2D eigenvalue weighted by molar-refractivity contribution is 5.37. The first-order valence-electron chi connectivity index (χ1n) is 6.04. The summed E-state index contributed by atoms with van der Waals surface area (Å²) < 4.78 is 4.95. The predicted octanol–water partition coefficient (Wildman–Crippen LogP) is 2.79. The molecule has 2 rings (SSSR count). The van der Waals surface area contributed by atoms with Crippen LogP contribution in [-0.4, -0.2) is 17.5 Å². The Morgan fingerprint density at radius 1 is 1.17 bits per heavy atom. The van der Waals surface area contributed by atoms with Gasteiger partial charge in [-0.1, -0.05) is 12.1 Å². The molecule has 0 saturated heterocycles. The minimum atomic E-state index is -0.390. The molecule has 0 aliphatic heterocycles. The van der Waals surface area contributed by atoms with E-state index in [1.165, 1.54) is 0 Å². The van der Waals surface area contributed by atoms with Gasteiger partial charge < -0.3 is 4.74 Å². The summed E-state index contributed by atoms with van der Waals surface area (Å²) in [6, 6.07) is 6.74. The molecule has 1 fully saturated rings. The van der Waals surface area contributed by atoms with E-state index in [4.69, 9.17) is 4.74 Å². The molecule has 0 heterocycles. The van der Waals surface area contributed by atoms with Crippen LogP contribution in [0.5, 0.6) is 0 Å². The summed E-state index contributed by atoms with van der Waals surface area (Å²) in [5, 5.41) is 10.6. The maximum absolute atomic E-state index is 10.6. The minimum absolute atomic E-state index is 0.0387. The Morgan fingerprint density at radius 2 is 1.78 bits per heavy atom. The molecule has 1 aromatic rings. The maximum Gasteiger partial charge on any atom is 0.293 e. The highest BCUT2D eigenvalue weighted by Gasteiger charge is 2.23. The highest BCUT2D eigenvalue weighted by Crippen LogP contribution is 2.34. The van der Waals surface area contributed by atoms with Crippen LogP contribution in [0.4, 0.5) is 5.69 Å². The Bertz CT molecular complexity index is 421. The first kappa shape index (κ1) is 12.5. The number of nitro groups is 1. The van der Waals surface area contributed by atoms with Crippen molar-refractivity contribution in [3.05, 3.63) is 39.9 Å². The number of nitro benzene ring substituents is 1. The number of ether oxygens (including phenoxy) is 1. The molecule has 0 atom stereocenters. The number of hydrogen-bond acceptors (Lipinski definition) is 4. The topological polar surface area (TPSA) is 69.4 Å². The summed E-state index contributed by atoms with van der Waals surface area (Å²) in [5.74, 6) is 0.414. The van der Waals surface area contributed by atoms with E-state index in [1.54, 1.807) is 12.1 Å². The van der Waals surface area contributed by atoms with Crippen molar-refractivity contribution in [1.29, 1.82) is 0 Å². The van der Waals surface area contributed by atoms with Gasteiger partial charge in [0.1, 0.15) is 6.10 Å². The molecule has 1 aliphatic rings. The first-order chi connectivity index (χ1) is 8.70. The Labute approximate surface area is 105 Å². The fourth-order valence-electron chi connectivity index (χ4n) is 2.48. The molecule has 0 spiro atoms. The highest BCUT2D eigenvalue weighted by atomic mass is 16.6. The minimum Gasteiger partial charge on any atom is -0.465 e.